The standard InChI is InChI=1S/C20H22BrN3S/c1-20(2,3)19-22-10-13-11-24(9-8-15(13)23-19)12-17-18(21)14-6-4-5-7-16(14)25-17/h4-7,10H,8-9,11-12H2,1-3H3. The van der Waals surface area contributed by atoms with Gasteiger partial charge in [-0.2, -0.15) is 0 Å². The molecule has 1 aromatic carbocycles. The van der Waals surface area contributed by atoms with Crippen molar-refractivity contribution in [2.24, 2.45) is 0 Å². The molecule has 1 aliphatic heterocycles. The van der Waals surface area contributed by atoms with Crippen molar-refractivity contribution in [2.75, 3.05) is 6.54 Å². The molecule has 0 amide bonds. The molecule has 0 saturated heterocycles. The molecule has 3 aromatic rings. The molecule has 3 nitrogen and oxygen atoms in total. The second-order valence-corrected chi connectivity index (χ2v) is 9.64. The van der Waals surface area contributed by atoms with Gasteiger partial charge in [-0.3, -0.25) is 4.90 Å². The number of thiophene rings is 1. The van der Waals surface area contributed by atoms with Crippen LogP contribution in [-0.4, -0.2) is 21.4 Å². The minimum absolute atomic E-state index is 0.00804. The molecule has 2 aromatic heterocycles. The molecule has 0 fully saturated rings. The van der Waals surface area contributed by atoms with Gasteiger partial charge in [0.15, 0.2) is 0 Å². The highest BCUT2D eigenvalue weighted by atomic mass is 79.9. The van der Waals surface area contributed by atoms with Crippen LogP contribution in [0.1, 0.15) is 42.7 Å². The van der Waals surface area contributed by atoms with Crippen molar-refractivity contribution in [2.45, 2.75) is 45.7 Å². The molecular formula is C20H22BrN3S. The lowest BCUT2D eigenvalue weighted by Gasteiger charge is -2.28. The van der Waals surface area contributed by atoms with Gasteiger partial charge in [0.05, 0.1) is 0 Å². The van der Waals surface area contributed by atoms with Crippen LogP contribution < -0.4 is 0 Å². The van der Waals surface area contributed by atoms with Crippen molar-refractivity contribution in [1.82, 2.24) is 14.9 Å². The third-order valence-corrected chi connectivity index (χ3v) is 6.98. The van der Waals surface area contributed by atoms with Crippen molar-refractivity contribution in [3.63, 3.8) is 0 Å². The number of benzene rings is 1. The van der Waals surface area contributed by atoms with Crippen molar-refractivity contribution >= 4 is 37.4 Å². The molecule has 0 spiro atoms. The summed E-state index contributed by atoms with van der Waals surface area (Å²) >= 11 is 5.69. The summed E-state index contributed by atoms with van der Waals surface area (Å²) in [4.78, 5) is 13.3. The van der Waals surface area contributed by atoms with E-state index in [9.17, 15) is 0 Å². The fourth-order valence-corrected chi connectivity index (χ4v) is 5.22. The van der Waals surface area contributed by atoms with E-state index in [0.717, 1.165) is 31.9 Å². The van der Waals surface area contributed by atoms with E-state index in [0.29, 0.717) is 0 Å². The van der Waals surface area contributed by atoms with E-state index in [4.69, 9.17) is 4.98 Å². The molecule has 130 valence electrons. The van der Waals surface area contributed by atoms with Crippen molar-refractivity contribution < 1.29 is 0 Å². The number of halogens is 1. The van der Waals surface area contributed by atoms with Gasteiger partial charge in [-0.25, -0.2) is 9.97 Å². The zero-order valence-electron chi connectivity index (χ0n) is 14.8. The maximum atomic E-state index is 4.83. The zero-order chi connectivity index (χ0) is 17.6. The van der Waals surface area contributed by atoms with Crippen molar-refractivity contribution in [3.8, 4) is 0 Å². The Morgan fingerprint density at radius 3 is 2.80 bits per heavy atom. The van der Waals surface area contributed by atoms with Gasteiger partial charge < -0.3 is 0 Å². The van der Waals surface area contributed by atoms with Crippen LogP contribution >= 0.6 is 27.3 Å². The summed E-state index contributed by atoms with van der Waals surface area (Å²) in [5, 5.41) is 1.32. The van der Waals surface area contributed by atoms with Gasteiger partial charge in [-0.05, 0) is 22.0 Å². The molecule has 0 atom stereocenters. The van der Waals surface area contributed by atoms with Gasteiger partial charge in [-0.1, -0.05) is 39.0 Å². The largest absolute Gasteiger partial charge is 0.293 e. The first-order valence-electron chi connectivity index (χ1n) is 8.65. The van der Waals surface area contributed by atoms with Gasteiger partial charge in [0, 0.05) is 68.4 Å². The topological polar surface area (TPSA) is 29.0 Å². The third-order valence-electron chi connectivity index (χ3n) is 4.65. The normalized spacial score (nSPS) is 15.5. The third kappa shape index (κ3) is 3.37. The van der Waals surface area contributed by atoms with Gasteiger partial charge in [0.1, 0.15) is 5.82 Å². The molecule has 0 radical (unpaired) electrons. The fourth-order valence-electron chi connectivity index (χ4n) is 3.24. The van der Waals surface area contributed by atoms with E-state index in [2.05, 4.69) is 70.9 Å². The van der Waals surface area contributed by atoms with Crippen LogP contribution in [0.15, 0.2) is 34.9 Å². The van der Waals surface area contributed by atoms with E-state index >= 15 is 0 Å². The molecular weight excluding hydrogens is 394 g/mol. The highest BCUT2D eigenvalue weighted by Crippen LogP contribution is 2.36. The Kier molecular flexibility index (Phi) is 4.42. The minimum Gasteiger partial charge on any atom is -0.293 e. The molecule has 0 aliphatic carbocycles. The summed E-state index contributed by atoms with van der Waals surface area (Å²) in [5.74, 6) is 0.951. The predicted octanol–water partition coefficient (Wildman–Crippen LogP) is 5.31. The smallest absolute Gasteiger partial charge is 0.133 e. The molecule has 0 bridgehead atoms. The molecule has 25 heavy (non-hydrogen) atoms. The van der Waals surface area contributed by atoms with E-state index in [1.165, 1.54) is 30.7 Å². The first-order chi connectivity index (χ1) is 11.9. The first-order valence-corrected chi connectivity index (χ1v) is 10.3. The fraction of sp³-hybridized carbons (Fsp3) is 0.400. The van der Waals surface area contributed by atoms with Crippen LogP contribution in [0.5, 0.6) is 0 Å². The Morgan fingerprint density at radius 2 is 2.04 bits per heavy atom. The van der Waals surface area contributed by atoms with Crippen molar-refractivity contribution in [1.29, 1.82) is 0 Å². The van der Waals surface area contributed by atoms with Crippen LogP contribution in [0.3, 0.4) is 0 Å². The lowest BCUT2D eigenvalue weighted by Crippen LogP contribution is -2.31. The van der Waals surface area contributed by atoms with Crippen LogP contribution in [0.25, 0.3) is 10.1 Å². The molecule has 4 rings (SSSR count). The van der Waals surface area contributed by atoms with E-state index in [1.54, 1.807) is 0 Å². The summed E-state index contributed by atoms with van der Waals surface area (Å²) in [6.45, 7) is 9.46. The summed E-state index contributed by atoms with van der Waals surface area (Å²) in [7, 11) is 0. The van der Waals surface area contributed by atoms with Crippen LogP contribution in [0, 0.1) is 0 Å². The number of nitrogens with zero attached hydrogens (tertiary/aromatic N) is 3. The first kappa shape index (κ1) is 17.1. The Bertz CT molecular complexity index is 926. The Labute approximate surface area is 161 Å². The average Bonchev–Trinajstić information content (AvgIpc) is 2.90. The van der Waals surface area contributed by atoms with E-state index < -0.39 is 0 Å². The summed E-state index contributed by atoms with van der Waals surface area (Å²) in [6.07, 6.45) is 3.04. The Hall–Kier alpha value is -1.30. The number of hydrogen-bond acceptors (Lipinski definition) is 4. The molecule has 0 unspecified atom stereocenters. The van der Waals surface area contributed by atoms with Gasteiger partial charge in [-0.15, -0.1) is 11.3 Å². The lowest BCUT2D eigenvalue weighted by molar-refractivity contribution is 0.244. The number of hydrogen-bond donors (Lipinski definition) is 0. The molecule has 3 heterocycles. The number of rotatable bonds is 2. The number of aromatic nitrogens is 2. The SMILES string of the molecule is CC(C)(C)c1ncc2c(n1)CCN(Cc1sc3ccccc3c1Br)C2. The minimum atomic E-state index is 0.00804. The van der Waals surface area contributed by atoms with Gasteiger partial charge >= 0.3 is 0 Å². The van der Waals surface area contributed by atoms with Gasteiger partial charge in [0.2, 0.25) is 0 Å². The van der Waals surface area contributed by atoms with Gasteiger partial charge in [0.25, 0.3) is 0 Å². The highest BCUT2D eigenvalue weighted by molar-refractivity contribution is 9.10. The van der Waals surface area contributed by atoms with Crippen LogP contribution in [0.4, 0.5) is 0 Å². The Morgan fingerprint density at radius 1 is 1.24 bits per heavy atom. The second kappa shape index (κ2) is 6.45. The lowest BCUT2D eigenvalue weighted by atomic mass is 9.95. The molecule has 5 heteroatoms. The monoisotopic (exact) mass is 415 g/mol. The average molecular weight is 416 g/mol. The molecule has 1 aliphatic rings. The van der Waals surface area contributed by atoms with E-state index in [-0.39, 0.29) is 5.41 Å². The molecule has 0 N–H and O–H groups in total. The summed E-state index contributed by atoms with van der Waals surface area (Å²) in [5.41, 5.74) is 2.51. The maximum Gasteiger partial charge on any atom is 0.133 e. The Balaban J connectivity index is 1.55. The summed E-state index contributed by atoms with van der Waals surface area (Å²) in [6, 6.07) is 8.59. The highest BCUT2D eigenvalue weighted by Gasteiger charge is 2.23. The second-order valence-electron chi connectivity index (χ2n) is 7.71. The van der Waals surface area contributed by atoms with Crippen LogP contribution in [-0.2, 0) is 24.9 Å². The van der Waals surface area contributed by atoms with Crippen molar-refractivity contribution in [3.05, 3.63) is 56.9 Å². The quantitative estimate of drug-likeness (QED) is 0.567. The zero-order valence-corrected chi connectivity index (χ0v) is 17.2. The number of fused-ring (bicyclic) bond motifs is 2. The summed E-state index contributed by atoms with van der Waals surface area (Å²) < 4.78 is 2.60. The predicted molar refractivity (Wildman–Crippen MR) is 108 cm³/mol. The maximum absolute atomic E-state index is 4.83. The molecule has 0 saturated carbocycles. The van der Waals surface area contributed by atoms with E-state index in [1.807, 2.05) is 17.5 Å². The van der Waals surface area contributed by atoms with Crippen LogP contribution in [0.2, 0.25) is 0 Å².